The van der Waals surface area contributed by atoms with Crippen LogP contribution in [0.15, 0.2) is 0 Å². The molecule has 0 atom stereocenters. The molecule has 108 valence electrons. The first kappa shape index (κ1) is 12.7. The summed E-state index contributed by atoms with van der Waals surface area (Å²) >= 11 is 0. The average molecular weight is 261 g/mol. The Morgan fingerprint density at radius 3 is 2.00 bits per heavy atom. The molecule has 0 aromatic carbocycles. The zero-order chi connectivity index (χ0) is 12.7. The lowest BCUT2D eigenvalue weighted by atomic mass is 9.49. The molecule has 0 heterocycles. The summed E-state index contributed by atoms with van der Waals surface area (Å²) in [5, 5.41) is 3.80. The van der Waals surface area contributed by atoms with Crippen LogP contribution in [0.25, 0.3) is 0 Å². The van der Waals surface area contributed by atoms with E-state index >= 15 is 0 Å². The number of rotatable bonds is 5. The van der Waals surface area contributed by atoms with Crippen LogP contribution in [0.4, 0.5) is 0 Å². The van der Waals surface area contributed by atoms with Crippen molar-refractivity contribution in [2.24, 2.45) is 29.1 Å². The molecule has 4 bridgehead atoms. The molecule has 0 unspecified atom stereocenters. The molecule has 0 amide bonds. The number of hydrogen-bond acceptors (Lipinski definition) is 1. The van der Waals surface area contributed by atoms with Gasteiger partial charge in [-0.15, -0.1) is 0 Å². The molecule has 0 saturated heterocycles. The third-order valence-corrected chi connectivity index (χ3v) is 6.90. The van der Waals surface area contributed by atoms with Gasteiger partial charge in [0.1, 0.15) is 0 Å². The zero-order valence-corrected chi connectivity index (χ0v) is 12.5. The molecule has 5 aliphatic rings. The van der Waals surface area contributed by atoms with Crippen molar-refractivity contribution in [3.63, 3.8) is 0 Å². The Bertz CT molecular complexity index is 280. The Morgan fingerprint density at radius 1 is 0.842 bits per heavy atom. The van der Waals surface area contributed by atoms with E-state index in [1.807, 2.05) is 0 Å². The van der Waals surface area contributed by atoms with Gasteiger partial charge in [0.2, 0.25) is 0 Å². The zero-order valence-electron chi connectivity index (χ0n) is 12.5. The van der Waals surface area contributed by atoms with Crippen LogP contribution in [0.3, 0.4) is 0 Å². The predicted molar refractivity (Wildman–Crippen MR) is 80.0 cm³/mol. The van der Waals surface area contributed by atoms with Crippen LogP contribution in [0, 0.1) is 29.1 Å². The lowest BCUT2D eigenvalue weighted by molar-refractivity contribution is -0.0567. The Morgan fingerprint density at radius 2 is 1.42 bits per heavy atom. The van der Waals surface area contributed by atoms with Gasteiger partial charge in [0.25, 0.3) is 0 Å². The first-order valence-electron chi connectivity index (χ1n) is 9.02. The Labute approximate surface area is 118 Å². The van der Waals surface area contributed by atoms with Gasteiger partial charge in [0.15, 0.2) is 0 Å². The van der Waals surface area contributed by atoms with Gasteiger partial charge in [-0.3, -0.25) is 0 Å². The molecule has 1 N–H and O–H groups in total. The maximum Gasteiger partial charge on any atom is -0.00205 e. The normalized spacial score (nSPS) is 45.2. The Kier molecular flexibility index (Phi) is 3.38. The summed E-state index contributed by atoms with van der Waals surface area (Å²) in [6, 6.07) is 0. The van der Waals surface area contributed by atoms with E-state index in [1.165, 1.54) is 45.2 Å². The van der Waals surface area contributed by atoms with Crippen LogP contribution < -0.4 is 5.32 Å². The minimum Gasteiger partial charge on any atom is -0.316 e. The Hall–Kier alpha value is -0.0400. The van der Waals surface area contributed by atoms with Crippen LogP contribution in [-0.4, -0.2) is 13.1 Å². The summed E-state index contributed by atoms with van der Waals surface area (Å²) < 4.78 is 0. The van der Waals surface area contributed by atoms with E-state index in [1.54, 1.807) is 38.5 Å². The highest BCUT2D eigenvalue weighted by Gasteiger charge is 2.50. The van der Waals surface area contributed by atoms with Crippen LogP contribution in [0.1, 0.15) is 70.6 Å². The standard InChI is InChI=1S/C18H31N/c1-2-4-14(3-1)13-19-6-5-18-10-15-7-16(11-18)9-17(8-15)12-18/h14-17,19H,1-13H2. The summed E-state index contributed by atoms with van der Waals surface area (Å²) in [6.07, 6.45) is 17.0. The second-order valence-corrected chi connectivity index (χ2v) is 8.52. The van der Waals surface area contributed by atoms with Crippen molar-refractivity contribution in [2.75, 3.05) is 13.1 Å². The second kappa shape index (κ2) is 5.06. The van der Waals surface area contributed by atoms with Crippen LogP contribution in [0.2, 0.25) is 0 Å². The Balaban J connectivity index is 1.26. The highest BCUT2D eigenvalue weighted by Crippen LogP contribution is 2.61. The fourth-order valence-electron chi connectivity index (χ4n) is 6.47. The van der Waals surface area contributed by atoms with Gasteiger partial charge >= 0.3 is 0 Å². The van der Waals surface area contributed by atoms with Gasteiger partial charge in [0.05, 0.1) is 0 Å². The predicted octanol–water partition coefficient (Wildman–Crippen LogP) is 4.37. The molecule has 0 aromatic heterocycles. The van der Waals surface area contributed by atoms with Gasteiger partial charge < -0.3 is 5.32 Å². The van der Waals surface area contributed by atoms with Crippen molar-refractivity contribution in [1.29, 1.82) is 0 Å². The number of nitrogens with one attached hydrogen (secondary N) is 1. The topological polar surface area (TPSA) is 12.0 Å². The van der Waals surface area contributed by atoms with Gasteiger partial charge in [-0.05, 0) is 100.0 Å². The lowest BCUT2D eigenvalue weighted by Crippen LogP contribution is -2.47. The van der Waals surface area contributed by atoms with E-state index < -0.39 is 0 Å². The van der Waals surface area contributed by atoms with Crippen LogP contribution in [0.5, 0.6) is 0 Å². The van der Waals surface area contributed by atoms with Crippen LogP contribution in [-0.2, 0) is 0 Å². The first-order chi connectivity index (χ1) is 9.31. The van der Waals surface area contributed by atoms with Gasteiger partial charge in [-0.2, -0.15) is 0 Å². The molecule has 5 saturated carbocycles. The first-order valence-corrected chi connectivity index (χ1v) is 9.02. The van der Waals surface area contributed by atoms with Gasteiger partial charge in [0, 0.05) is 0 Å². The van der Waals surface area contributed by atoms with Gasteiger partial charge in [-0.25, -0.2) is 0 Å². The van der Waals surface area contributed by atoms with E-state index in [0.717, 1.165) is 29.1 Å². The van der Waals surface area contributed by atoms with Gasteiger partial charge in [-0.1, -0.05) is 12.8 Å². The minimum atomic E-state index is 0.789. The molecule has 0 aliphatic heterocycles. The third-order valence-electron chi connectivity index (χ3n) is 6.90. The van der Waals surface area contributed by atoms with Crippen molar-refractivity contribution >= 4 is 0 Å². The molecule has 1 heteroatoms. The SMILES string of the molecule is C1CCC(CNCCC23CC4CC(CC(C4)C2)C3)C1. The van der Waals surface area contributed by atoms with E-state index in [-0.39, 0.29) is 0 Å². The van der Waals surface area contributed by atoms with E-state index in [9.17, 15) is 0 Å². The highest BCUT2D eigenvalue weighted by atomic mass is 14.9. The average Bonchev–Trinajstić information content (AvgIpc) is 2.86. The van der Waals surface area contributed by atoms with Crippen molar-refractivity contribution in [1.82, 2.24) is 5.32 Å². The quantitative estimate of drug-likeness (QED) is 0.725. The van der Waals surface area contributed by atoms with E-state index in [4.69, 9.17) is 0 Å². The third kappa shape index (κ3) is 2.60. The molecule has 0 radical (unpaired) electrons. The second-order valence-electron chi connectivity index (χ2n) is 8.52. The summed E-state index contributed by atoms with van der Waals surface area (Å²) in [4.78, 5) is 0. The largest absolute Gasteiger partial charge is 0.316 e. The van der Waals surface area contributed by atoms with E-state index in [0.29, 0.717) is 0 Å². The molecule has 5 rings (SSSR count). The number of hydrogen-bond donors (Lipinski definition) is 1. The monoisotopic (exact) mass is 261 g/mol. The molecule has 5 aliphatic carbocycles. The van der Waals surface area contributed by atoms with Crippen molar-refractivity contribution < 1.29 is 0 Å². The summed E-state index contributed by atoms with van der Waals surface area (Å²) in [7, 11) is 0. The van der Waals surface area contributed by atoms with Crippen molar-refractivity contribution in [3.05, 3.63) is 0 Å². The molecule has 0 spiro atoms. The molecular weight excluding hydrogens is 230 g/mol. The van der Waals surface area contributed by atoms with Crippen molar-refractivity contribution in [2.45, 2.75) is 70.6 Å². The molecule has 1 nitrogen and oxygen atoms in total. The molecular formula is C18H31N. The smallest absolute Gasteiger partial charge is 0.00205 e. The summed E-state index contributed by atoms with van der Waals surface area (Å²) in [5.74, 6) is 4.39. The van der Waals surface area contributed by atoms with E-state index in [2.05, 4.69) is 5.32 Å². The molecule has 5 fully saturated rings. The molecule has 19 heavy (non-hydrogen) atoms. The molecule has 0 aromatic rings. The maximum absolute atomic E-state index is 3.80. The van der Waals surface area contributed by atoms with Crippen molar-refractivity contribution in [3.8, 4) is 0 Å². The van der Waals surface area contributed by atoms with Crippen LogP contribution >= 0.6 is 0 Å². The fraction of sp³-hybridized carbons (Fsp3) is 1.00. The summed E-state index contributed by atoms with van der Waals surface area (Å²) in [5.41, 5.74) is 0.789. The highest BCUT2D eigenvalue weighted by molar-refractivity contribution is 5.01. The summed E-state index contributed by atoms with van der Waals surface area (Å²) in [6.45, 7) is 2.62. The fourth-order valence-corrected chi connectivity index (χ4v) is 6.47. The minimum absolute atomic E-state index is 0.789. The maximum atomic E-state index is 3.80. The lowest BCUT2D eigenvalue weighted by Gasteiger charge is -2.57.